The summed E-state index contributed by atoms with van der Waals surface area (Å²) in [6.07, 6.45) is 2.80. The summed E-state index contributed by atoms with van der Waals surface area (Å²) in [5, 5.41) is 0. The molecule has 1 atom stereocenters. The van der Waals surface area contributed by atoms with E-state index in [9.17, 15) is 8.78 Å². The van der Waals surface area contributed by atoms with Crippen LogP contribution in [0.25, 0.3) is 0 Å². The number of nitrogens with two attached hydrogens (primary N) is 1. The zero-order chi connectivity index (χ0) is 12.4. The quantitative estimate of drug-likeness (QED) is 0.860. The molecule has 17 heavy (non-hydrogen) atoms. The highest BCUT2D eigenvalue weighted by molar-refractivity contribution is 5.35. The van der Waals surface area contributed by atoms with Gasteiger partial charge in [0.25, 0.3) is 0 Å². The number of halogens is 2. The van der Waals surface area contributed by atoms with Crippen molar-refractivity contribution in [3.8, 4) is 5.75 Å². The van der Waals surface area contributed by atoms with E-state index in [-0.39, 0.29) is 6.04 Å². The lowest BCUT2D eigenvalue weighted by atomic mass is 10.1. The second-order valence-corrected chi connectivity index (χ2v) is 4.81. The highest BCUT2D eigenvalue weighted by atomic mass is 19.2. The van der Waals surface area contributed by atoms with Crippen LogP contribution in [0.3, 0.4) is 0 Å². The Morgan fingerprint density at radius 1 is 1.35 bits per heavy atom. The minimum Gasteiger partial charge on any atom is -0.493 e. The second kappa shape index (κ2) is 5.00. The van der Waals surface area contributed by atoms with Crippen LogP contribution in [0.15, 0.2) is 12.1 Å². The van der Waals surface area contributed by atoms with Crippen LogP contribution in [-0.4, -0.2) is 12.6 Å². The molecule has 1 aliphatic rings. The molecule has 2 rings (SSSR count). The maximum Gasteiger partial charge on any atom is 0.162 e. The van der Waals surface area contributed by atoms with Gasteiger partial charge in [-0.25, -0.2) is 8.78 Å². The molecule has 4 heteroatoms. The Hall–Kier alpha value is -1.16. The van der Waals surface area contributed by atoms with Gasteiger partial charge in [0.1, 0.15) is 5.75 Å². The maximum absolute atomic E-state index is 13.2. The molecule has 0 saturated heterocycles. The van der Waals surface area contributed by atoms with Crippen LogP contribution >= 0.6 is 0 Å². The van der Waals surface area contributed by atoms with E-state index in [1.165, 1.54) is 6.07 Å². The van der Waals surface area contributed by atoms with E-state index < -0.39 is 11.6 Å². The van der Waals surface area contributed by atoms with Gasteiger partial charge in [-0.3, -0.25) is 0 Å². The molecule has 1 saturated carbocycles. The van der Waals surface area contributed by atoms with Crippen LogP contribution in [0, 0.1) is 17.6 Å². The van der Waals surface area contributed by atoms with Crippen molar-refractivity contribution in [2.45, 2.75) is 32.2 Å². The SMILES string of the molecule is CC(N)Cc1cc(F)c(F)cc1OCC1CC1. The van der Waals surface area contributed by atoms with Crippen LogP contribution < -0.4 is 10.5 Å². The monoisotopic (exact) mass is 241 g/mol. The highest BCUT2D eigenvalue weighted by Crippen LogP contribution is 2.31. The van der Waals surface area contributed by atoms with Crippen molar-refractivity contribution in [1.82, 2.24) is 0 Å². The van der Waals surface area contributed by atoms with E-state index in [0.717, 1.165) is 18.9 Å². The van der Waals surface area contributed by atoms with Gasteiger partial charge in [-0.15, -0.1) is 0 Å². The zero-order valence-electron chi connectivity index (χ0n) is 9.88. The Balaban J connectivity index is 2.15. The molecule has 0 aromatic heterocycles. The summed E-state index contributed by atoms with van der Waals surface area (Å²) < 4.78 is 31.8. The van der Waals surface area contributed by atoms with Gasteiger partial charge in [-0.1, -0.05) is 0 Å². The first-order valence-corrected chi connectivity index (χ1v) is 5.92. The molecule has 0 aliphatic heterocycles. The molecule has 0 heterocycles. The van der Waals surface area contributed by atoms with Crippen molar-refractivity contribution in [3.05, 3.63) is 29.3 Å². The third kappa shape index (κ3) is 3.40. The van der Waals surface area contributed by atoms with Crippen molar-refractivity contribution >= 4 is 0 Å². The van der Waals surface area contributed by atoms with Gasteiger partial charge in [0.15, 0.2) is 11.6 Å². The number of ether oxygens (including phenoxy) is 1. The fourth-order valence-electron chi connectivity index (χ4n) is 1.70. The molecule has 1 unspecified atom stereocenters. The van der Waals surface area contributed by atoms with Crippen LogP contribution in [0.2, 0.25) is 0 Å². The lowest BCUT2D eigenvalue weighted by molar-refractivity contribution is 0.293. The fourth-order valence-corrected chi connectivity index (χ4v) is 1.70. The summed E-state index contributed by atoms with van der Waals surface area (Å²) in [6.45, 7) is 2.41. The molecule has 94 valence electrons. The van der Waals surface area contributed by atoms with Gasteiger partial charge in [0.05, 0.1) is 6.61 Å². The predicted molar refractivity (Wildman–Crippen MR) is 61.9 cm³/mol. The van der Waals surface area contributed by atoms with Gasteiger partial charge in [0, 0.05) is 12.1 Å². The minimum absolute atomic E-state index is 0.108. The Bertz CT molecular complexity index is 403. The minimum atomic E-state index is -0.871. The summed E-state index contributed by atoms with van der Waals surface area (Å²) in [5.74, 6) is -0.719. The third-order valence-corrected chi connectivity index (χ3v) is 2.82. The van der Waals surface area contributed by atoms with Crippen LogP contribution in [0.4, 0.5) is 8.78 Å². The Morgan fingerprint density at radius 2 is 2.00 bits per heavy atom. The van der Waals surface area contributed by atoms with Crippen LogP contribution in [-0.2, 0) is 6.42 Å². The topological polar surface area (TPSA) is 35.2 Å². The lowest BCUT2D eigenvalue weighted by Crippen LogP contribution is -2.19. The molecular formula is C13H17F2NO. The highest BCUT2D eigenvalue weighted by Gasteiger charge is 2.23. The molecule has 2 N–H and O–H groups in total. The smallest absolute Gasteiger partial charge is 0.162 e. The first-order chi connectivity index (χ1) is 8.06. The molecule has 0 radical (unpaired) electrons. The van der Waals surface area contributed by atoms with Gasteiger partial charge in [0.2, 0.25) is 0 Å². The average Bonchev–Trinajstić information content (AvgIpc) is 3.04. The number of rotatable bonds is 5. The van der Waals surface area contributed by atoms with E-state index >= 15 is 0 Å². The van der Waals surface area contributed by atoms with Crippen molar-refractivity contribution < 1.29 is 13.5 Å². The summed E-state index contributed by atoms with van der Waals surface area (Å²) in [6, 6.07) is 2.19. The second-order valence-electron chi connectivity index (χ2n) is 4.81. The molecule has 2 nitrogen and oxygen atoms in total. The number of hydrogen-bond acceptors (Lipinski definition) is 2. The Morgan fingerprint density at radius 3 is 2.59 bits per heavy atom. The van der Waals surface area contributed by atoms with Crippen molar-refractivity contribution in [2.75, 3.05) is 6.61 Å². The molecule has 0 bridgehead atoms. The van der Waals surface area contributed by atoms with E-state index in [1.807, 2.05) is 6.92 Å². The standard InChI is InChI=1S/C13H17F2NO/c1-8(16)4-10-5-11(14)12(15)6-13(10)17-7-9-2-3-9/h5-6,8-9H,2-4,7,16H2,1H3. The Labute approximate surface area is 99.8 Å². The Kier molecular flexibility index (Phi) is 3.62. The lowest BCUT2D eigenvalue weighted by Gasteiger charge is -2.13. The summed E-state index contributed by atoms with van der Waals surface area (Å²) in [7, 11) is 0. The van der Waals surface area contributed by atoms with Gasteiger partial charge >= 0.3 is 0 Å². The van der Waals surface area contributed by atoms with E-state index in [1.54, 1.807) is 0 Å². The molecule has 1 fully saturated rings. The van der Waals surface area contributed by atoms with Crippen molar-refractivity contribution in [3.63, 3.8) is 0 Å². The molecule has 1 aromatic carbocycles. The number of benzene rings is 1. The van der Waals surface area contributed by atoms with Crippen molar-refractivity contribution in [1.29, 1.82) is 0 Å². The number of hydrogen-bond donors (Lipinski definition) is 1. The van der Waals surface area contributed by atoms with Gasteiger partial charge < -0.3 is 10.5 Å². The fraction of sp³-hybridized carbons (Fsp3) is 0.538. The molecule has 1 aliphatic carbocycles. The normalized spacial score (nSPS) is 16.9. The maximum atomic E-state index is 13.2. The van der Waals surface area contributed by atoms with Gasteiger partial charge in [-0.2, -0.15) is 0 Å². The van der Waals surface area contributed by atoms with Crippen LogP contribution in [0.1, 0.15) is 25.3 Å². The van der Waals surface area contributed by atoms with E-state index in [4.69, 9.17) is 10.5 Å². The first-order valence-electron chi connectivity index (χ1n) is 5.92. The van der Waals surface area contributed by atoms with E-state index in [2.05, 4.69) is 0 Å². The average molecular weight is 241 g/mol. The first kappa shape index (κ1) is 12.3. The summed E-state index contributed by atoms with van der Waals surface area (Å²) >= 11 is 0. The van der Waals surface area contributed by atoms with Gasteiger partial charge in [-0.05, 0) is 43.7 Å². The predicted octanol–water partition coefficient (Wildman–Crippen LogP) is 2.64. The zero-order valence-corrected chi connectivity index (χ0v) is 9.88. The summed E-state index contributed by atoms with van der Waals surface area (Å²) in [5.41, 5.74) is 6.32. The molecule has 1 aromatic rings. The third-order valence-electron chi connectivity index (χ3n) is 2.82. The summed E-state index contributed by atoms with van der Waals surface area (Å²) in [4.78, 5) is 0. The van der Waals surface area contributed by atoms with Crippen molar-refractivity contribution in [2.24, 2.45) is 11.7 Å². The largest absolute Gasteiger partial charge is 0.493 e. The molecule has 0 amide bonds. The molecular weight excluding hydrogens is 224 g/mol. The van der Waals surface area contributed by atoms with Crippen LogP contribution in [0.5, 0.6) is 5.75 Å². The van der Waals surface area contributed by atoms with E-state index in [0.29, 0.717) is 30.3 Å². The molecule has 0 spiro atoms.